The zero-order valence-electron chi connectivity index (χ0n) is 17.2. The molecule has 10 heteroatoms. The predicted molar refractivity (Wildman–Crippen MR) is 92.8 cm³/mol. The Hall–Kier alpha value is -2.20. The summed E-state index contributed by atoms with van der Waals surface area (Å²) in [6.07, 6.45) is -5.81. The first kappa shape index (κ1) is 23.8. The maximum Gasteiger partial charge on any atom is 0.303 e. The average Bonchev–Trinajstić information content (AvgIpc) is 2.48. The molecule has 0 aromatic heterocycles. The van der Waals surface area contributed by atoms with Crippen molar-refractivity contribution in [2.75, 3.05) is 6.61 Å². The molecule has 1 rings (SSSR count). The average molecular weight is 404 g/mol. The van der Waals surface area contributed by atoms with Crippen molar-refractivity contribution in [2.45, 2.75) is 84.8 Å². The zero-order valence-corrected chi connectivity index (χ0v) is 17.2. The molecule has 28 heavy (non-hydrogen) atoms. The third-order valence-corrected chi connectivity index (χ3v) is 3.42. The van der Waals surface area contributed by atoms with Crippen LogP contribution in [0.3, 0.4) is 0 Å². The van der Waals surface area contributed by atoms with Gasteiger partial charge in [-0.15, -0.1) is 0 Å². The van der Waals surface area contributed by atoms with E-state index in [-0.39, 0.29) is 6.61 Å². The van der Waals surface area contributed by atoms with Crippen LogP contribution in [-0.2, 0) is 47.6 Å². The van der Waals surface area contributed by atoms with E-state index < -0.39 is 60.2 Å². The van der Waals surface area contributed by atoms with Crippen molar-refractivity contribution >= 4 is 23.9 Å². The van der Waals surface area contributed by atoms with Crippen LogP contribution in [0.1, 0.15) is 48.5 Å². The van der Waals surface area contributed by atoms with Gasteiger partial charge in [0, 0.05) is 27.7 Å². The first-order chi connectivity index (χ1) is 12.8. The van der Waals surface area contributed by atoms with Crippen LogP contribution in [0.25, 0.3) is 0 Å². The van der Waals surface area contributed by atoms with Gasteiger partial charge in [-0.1, -0.05) is 0 Å². The van der Waals surface area contributed by atoms with Crippen molar-refractivity contribution in [2.24, 2.45) is 0 Å². The molecule has 0 bridgehead atoms. The molecule has 5 atom stereocenters. The van der Waals surface area contributed by atoms with Gasteiger partial charge in [0.05, 0.1) is 5.60 Å². The predicted octanol–water partition coefficient (Wildman–Crippen LogP) is 0.885. The number of hydrogen-bond donors (Lipinski definition) is 0. The third-order valence-electron chi connectivity index (χ3n) is 3.42. The van der Waals surface area contributed by atoms with Gasteiger partial charge in [-0.25, -0.2) is 0 Å². The smallest absolute Gasteiger partial charge is 0.303 e. The number of ether oxygens (including phenoxy) is 6. The standard InChI is InChI=1S/C18H28O10/c1-9(19)23-8-13-14(24-10(2)20)15(25-11(3)21)16(26-12(4)22)17(27-13)28-18(5,6)7/h13-17H,8H2,1-7H3. The van der Waals surface area contributed by atoms with E-state index in [2.05, 4.69) is 0 Å². The highest BCUT2D eigenvalue weighted by atomic mass is 16.7. The fourth-order valence-corrected chi connectivity index (χ4v) is 2.63. The van der Waals surface area contributed by atoms with Gasteiger partial charge >= 0.3 is 23.9 Å². The molecule has 0 amide bonds. The van der Waals surface area contributed by atoms with E-state index in [4.69, 9.17) is 28.4 Å². The summed E-state index contributed by atoms with van der Waals surface area (Å²) >= 11 is 0. The molecule has 10 nitrogen and oxygen atoms in total. The summed E-state index contributed by atoms with van der Waals surface area (Å²) in [5.41, 5.74) is -0.718. The van der Waals surface area contributed by atoms with Gasteiger partial charge in [-0.05, 0) is 20.8 Å². The van der Waals surface area contributed by atoms with Gasteiger partial charge in [-0.3, -0.25) is 19.2 Å². The summed E-state index contributed by atoms with van der Waals surface area (Å²) < 4.78 is 32.5. The quantitative estimate of drug-likeness (QED) is 0.465. The monoisotopic (exact) mass is 404 g/mol. The van der Waals surface area contributed by atoms with Crippen LogP contribution in [0.2, 0.25) is 0 Å². The van der Waals surface area contributed by atoms with Gasteiger partial charge in [0.2, 0.25) is 0 Å². The molecule has 1 aliphatic rings. The van der Waals surface area contributed by atoms with Crippen molar-refractivity contribution in [3.8, 4) is 0 Å². The van der Waals surface area contributed by atoms with Crippen LogP contribution in [0.4, 0.5) is 0 Å². The molecule has 1 aliphatic heterocycles. The molecule has 160 valence electrons. The number of carbonyl (C=O) groups is 4. The van der Waals surface area contributed by atoms with E-state index in [0.717, 1.165) is 13.8 Å². The Labute approximate surface area is 163 Å². The van der Waals surface area contributed by atoms with Gasteiger partial charge in [0.15, 0.2) is 24.6 Å². The lowest BCUT2D eigenvalue weighted by molar-refractivity contribution is -0.325. The molecule has 0 spiro atoms. The SMILES string of the molecule is CC(=O)OCC1OC(OC(C)(C)C)C(OC(C)=O)C(OC(C)=O)C1OC(C)=O. The lowest BCUT2D eigenvalue weighted by Crippen LogP contribution is -2.63. The van der Waals surface area contributed by atoms with E-state index in [1.807, 2.05) is 0 Å². The Morgan fingerprint density at radius 3 is 1.64 bits per heavy atom. The Kier molecular flexibility index (Phi) is 8.37. The summed E-state index contributed by atoms with van der Waals surface area (Å²) in [5, 5.41) is 0. The van der Waals surface area contributed by atoms with Crippen molar-refractivity contribution in [1.29, 1.82) is 0 Å². The normalized spacial score (nSPS) is 27.5. The molecule has 1 heterocycles. The second kappa shape index (κ2) is 9.83. The van der Waals surface area contributed by atoms with Crippen LogP contribution in [0.15, 0.2) is 0 Å². The number of carbonyl (C=O) groups excluding carboxylic acids is 4. The van der Waals surface area contributed by atoms with Crippen molar-refractivity contribution in [3.05, 3.63) is 0 Å². The molecule has 0 aromatic carbocycles. The molecule has 5 unspecified atom stereocenters. The Morgan fingerprint density at radius 1 is 0.750 bits per heavy atom. The van der Waals surface area contributed by atoms with E-state index in [9.17, 15) is 19.2 Å². The van der Waals surface area contributed by atoms with Gasteiger partial charge in [0.25, 0.3) is 0 Å². The first-order valence-electron chi connectivity index (χ1n) is 8.78. The van der Waals surface area contributed by atoms with Crippen LogP contribution in [0, 0.1) is 0 Å². The molecule has 1 saturated heterocycles. The molecule has 0 N–H and O–H groups in total. The van der Waals surface area contributed by atoms with E-state index >= 15 is 0 Å². The molecule has 0 radical (unpaired) electrons. The number of rotatable bonds is 6. The first-order valence-corrected chi connectivity index (χ1v) is 8.78. The van der Waals surface area contributed by atoms with E-state index in [0.29, 0.717) is 0 Å². The summed E-state index contributed by atoms with van der Waals surface area (Å²) in [7, 11) is 0. The lowest BCUT2D eigenvalue weighted by Gasteiger charge is -2.45. The largest absolute Gasteiger partial charge is 0.463 e. The highest BCUT2D eigenvalue weighted by Gasteiger charge is 2.53. The molecule has 0 aliphatic carbocycles. The highest BCUT2D eigenvalue weighted by molar-refractivity contribution is 5.68. The van der Waals surface area contributed by atoms with E-state index in [1.54, 1.807) is 20.8 Å². The van der Waals surface area contributed by atoms with Gasteiger partial charge in [-0.2, -0.15) is 0 Å². The van der Waals surface area contributed by atoms with Crippen LogP contribution in [-0.4, -0.2) is 66.8 Å². The summed E-state index contributed by atoms with van der Waals surface area (Å²) in [6.45, 7) is 9.66. The lowest BCUT2D eigenvalue weighted by atomic mass is 9.97. The Morgan fingerprint density at radius 2 is 1.21 bits per heavy atom. The molecule has 0 aromatic rings. The minimum Gasteiger partial charge on any atom is -0.463 e. The summed E-state index contributed by atoms with van der Waals surface area (Å²) in [4.78, 5) is 46.1. The Bertz CT molecular complexity index is 594. The van der Waals surface area contributed by atoms with Gasteiger partial charge < -0.3 is 28.4 Å². The van der Waals surface area contributed by atoms with Crippen LogP contribution >= 0.6 is 0 Å². The van der Waals surface area contributed by atoms with Gasteiger partial charge in [0.1, 0.15) is 12.7 Å². The number of hydrogen-bond acceptors (Lipinski definition) is 10. The molecular weight excluding hydrogens is 376 g/mol. The fourth-order valence-electron chi connectivity index (χ4n) is 2.63. The highest BCUT2D eigenvalue weighted by Crippen LogP contribution is 2.31. The zero-order chi connectivity index (χ0) is 21.6. The Balaban J connectivity index is 3.33. The summed E-state index contributed by atoms with van der Waals surface area (Å²) in [5.74, 6) is -2.63. The van der Waals surface area contributed by atoms with E-state index in [1.165, 1.54) is 13.8 Å². The van der Waals surface area contributed by atoms with Crippen LogP contribution in [0.5, 0.6) is 0 Å². The minimum atomic E-state index is -1.23. The topological polar surface area (TPSA) is 124 Å². The van der Waals surface area contributed by atoms with Crippen molar-refractivity contribution in [1.82, 2.24) is 0 Å². The fraction of sp³-hybridized carbons (Fsp3) is 0.778. The third kappa shape index (κ3) is 7.81. The molecule has 0 saturated carbocycles. The molecular formula is C18H28O10. The maximum atomic E-state index is 11.7. The number of esters is 4. The van der Waals surface area contributed by atoms with Crippen molar-refractivity contribution < 1.29 is 47.6 Å². The van der Waals surface area contributed by atoms with Crippen molar-refractivity contribution in [3.63, 3.8) is 0 Å². The maximum absolute atomic E-state index is 11.7. The summed E-state index contributed by atoms with van der Waals surface area (Å²) in [6, 6.07) is 0. The second-order valence-corrected chi connectivity index (χ2v) is 7.30. The van der Waals surface area contributed by atoms with Crippen LogP contribution < -0.4 is 0 Å². The molecule has 1 fully saturated rings. The second-order valence-electron chi connectivity index (χ2n) is 7.30. The minimum absolute atomic E-state index is 0.290.